The Bertz CT molecular complexity index is 1140. The predicted octanol–water partition coefficient (Wildman–Crippen LogP) is 3.72. The number of hydrogen-bond acceptors (Lipinski definition) is 4. The molecule has 1 saturated heterocycles. The van der Waals surface area contributed by atoms with Gasteiger partial charge >= 0.3 is 5.69 Å². The number of aryl methyl sites for hydroxylation is 2. The first-order chi connectivity index (χ1) is 15.0. The fraction of sp³-hybridized carbons (Fsp3) is 0.458. The summed E-state index contributed by atoms with van der Waals surface area (Å²) in [5.74, 6) is 1.08. The number of carbonyl (C=O) groups excluding carboxylic acids is 1. The third kappa shape index (κ3) is 3.87. The molecule has 0 saturated carbocycles. The number of thiophene rings is 1. The first kappa shape index (κ1) is 20.2. The van der Waals surface area contributed by atoms with E-state index in [1.807, 2.05) is 58.2 Å². The van der Waals surface area contributed by atoms with Crippen molar-refractivity contribution in [3.8, 4) is 0 Å². The second-order valence-electron chi connectivity index (χ2n) is 8.97. The molecule has 7 heteroatoms. The van der Waals surface area contributed by atoms with Crippen LogP contribution in [-0.4, -0.2) is 38.2 Å². The third-order valence-electron chi connectivity index (χ3n) is 7.09. The van der Waals surface area contributed by atoms with Gasteiger partial charge in [0.1, 0.15) is 5.82 Å². The first-order valence-corrected chi connectivity index (χ1v) is 12.0. The molecule has 5 rings (SSSR count). The minimum Gasteiger partial charge on any atom is -0.338 e. The SMILES string of the molecule is Cc1ccsc1C(=O)N1CCC2(CCc3nn(Cc4ccccc4)c(=O)n3CC2)CC1. The maximum Gasteiger partial charge on any atom is 0.346 e. The van der Waals surface area contributed by atoms with Crippen molar-refractivity contribution in [3.05, 3.63) is 74.1 Å². The fourth-order valence-corrected chi connectivity index (χ4v) is 5.92. The summed E-state index contributed by atoms with van der Waals surface area (Å²) in [5.41, 5.74) is 2.37. The molecular formula is C24H28N4O2S. The van der Waals surface area contributed by atoms with Gasteiger partial charge in [-0.15, -0.1) is 11.3 Å². The number of carbonyl (C=O) groups is 1. The molecule has 0 N–H and O–H groups in total. The molecule has 0 atom stereocenters. The smallest absolute Gasteiger partial charge is 0.338 e. The molecule has 2 aliphatic rings. The van der Waals surface area contributed by atoms with E-state index < -0.39 is 0 Å². The van der Waals surface area contributed by atoms with E-state index >= 15 is 0 Å². The molecular weight excluding hydrogens is 408 g/mol. The van der Waals surface area contributed by atoms with E-state index in [0.717, 1.165) is 73.6 Å². The highest BCUT2D eigenvalue weighted by molar-refractivity contribution is 7.12. The number of rotatable bonds is 3. The van der Waals surface area contributed by atoms with Crippen LogP contribution in [0, 0.1) is 12.3 Å². The van der Waals surface area contributed by atoms with E-state index in [1.54, 1.807) is 4.68 Å². The van der Waals surface area contributed by atoms with E-state index in [2.05, 4.69) is 5.10 Å². The number of benzene rings is 1. The zero-order valence-corrected chi connectivity index (χ0v) is 18.7. The lowest BCUT2D eigenvalue weighted by atomic mass is 9.72. The van der Waals surface area contributed by atoms with E-state index in [-0.39, 0.29) is 17.0 Å². The van der Waals surface area contributed by atoms with Crippen LogP contribution in [0.2, 0.25) is 0 Å². The molecule has 1 aromatic carbocycles. The second-order valence-corrected chi connectivity index (χ2v) is 9.88. The van der Waals surface area contributed by atoms with Crippen LogP contribution in [0.5, 0.6) is 0 Å². The maximum atomic E-state index is 13.0. The molecule has 162 valence electrons. The maximum absolute atomic E-state index is 13.0. The average molecular weight is 437 g/mol. The number of likely N-dealkylation sites (tertiary alicyclic amines) is 1. The highest BCUT2D eigenvalue weighted by Crippen LogP contribution is 2.41. The van der Waals surface area contributed by atoms with Crippen LogP contribution < -0.4 is 5.69 Å². The van der Waals surface area contributed by atoms with Gasteiger partial charge in [-0.25, -0.2) is 9.48 Å². The molecule has 0 unspecified atom stereocenters. The van der Waals surface area contributed by atoms with Gasteiger partial charge in [0.25, 0.3) is 5.91 Å². The van der Waals surface area contributed by atoms with E-state index in [9.17, 15) is 9.59 Å². The van der Waals surface area contributed by atoms with Crippen molar-refractivity contribution in [3.63, 3.8) is 0 Å². The lowest BCUT2D eigenvalue weighted by Gasteiger charge is -2.41. The first-order valence-electron chi connectivity index (χ1n) is 11.1. The normalized spacial score (nSPS) is 18.0. The molecule has 2 aromatic heterocycles. The minimum atomic E-state index is -0.00307. The van der Waals surface area contributed by atoms with E-state index in [4.69, 9.17) is 0 Å². The van der Waals surface area contributed by atoms with Gasteiger partial charge in [0.05, 0.1) is 11.4 Å². The van der Waals surface area contributed by atoms with Crippen LogP contribution in [0.1, 0.15) is 52.3 Å². The summed E-state index contributed by atoms with van der Waals surface area (Å²) in [7, 11) is 0. The summed E-state index contributed by atoms with van der Waals surface area (Å²) in [5, 5.41) is 6.67. The number of amides is 1. The lowest BCUT2D eigenvalue weighted by Crippen LogP contribution is -2.43. The average Bonchev–Trinajstić information content (AvgIpc) is 3.29. The van der Waals surface area contributed by atoms with Gasteiger partial charge in [-0.2, -0.15) is 5.10 Å². The van der Waals surface area contributed by atoms with Crippen molar-refractivity contribution in [2.45, 2.75) is 52.1 Å². The Hall–Kier alpha value is -2.67. The van der Waals surface area contributed by atoms with Crippen LogP contribution in [-0.2, 0) is 19.5 Å². The molecule has 0 radical (unpaired) electrons. The molecule has 0 bridgehead atoms. The highest BCUT2D eigenvalue weighted by Gasteiger charge is 2.38. The van der Waals surface area contributed by atoms with Crippen molar-refractivity contribution in [1.29, 1.82) is 0 Å². The van der Waals surface area contributed by atoms with Crippen LogP contribution in [0.4, 0.5) is 0 Å². The zero-order valence-electron chi connectivity index (χ0n) is 17.9. The van der Waals surface area contributed by atoms with Crippen molar-refractivity contribution >= 4 is 17.2 Å². The predicted molar refractivity (Wildman–Crippen MR) is 122 cm³/mol. The van der Waals surface area contributed by atoms with Crippen LogP contribution in [0.3, 0.4) is 0 Å². The molecule has 1 fully saturated rings. The van der Waals surface area contributed by atoms with Crippen LogP contribution in [0.15, 0.2) is 46.6 Å². The summed E-state index contributed by atoms with van der Waals surface area (Å²) >= 11 is 1.54. The molecule has 1 amide bonds. The number of fused-ring (bicyclic) bond motifs is 1. The second kappa shape index (κ2) is 8.11. The summed E-state index contributed by atoms with van der Waals surface area (Å²) < 4.78 is 3.48. The van der Waals surface area contributed by atoms with Gasteiger partial charge < -0.3 is 4.90 Å². The minimum absolute atomic E-state index is 0.00307. The summed E-state index contributed by atoms with van der Waals surface area (Å²) in [6, 6.07) is 12.0. The Morgan fingerprint density at radius 2 is 1.81 bits per heavy atom. The van der Waals surface area contributed by atoms with Gasteiger partial charge in [-0.3, -0.25) is 9.36 Å². The summed E-state index contributed by atoms with van der Waals surface area (Å²) in [6.45, 7) is 4.85. The number of nitrogens with zero attached hydrogens (tertiary/aromatic N) is 4. The molecule has 2 aliphatic heterocycles. The Labute approximate surface area is 186 Å². The highest BCUT2D eigenvalue weighted by atomic mass is 32.1. The Balaban J connectivity index is 1.25. The van der Waals surface area contributed by atoms with Gasteiger partial charge in [-0.1, -0.05) is 30.3 Å². The number of hydrogen-bond donors (Lipinski definition) is 0. The Kier molecular flexibility index (Phi) is 5.30. The molecule has 1 spiro atoms. The Morgan fingerprint density at radius 1 is 1.06 bits per heavy atom. The standard InChI is InChI=1S/C24H28N4O2S/c1-18-8-16-31-21(18)22(29)26-13-10-24(11-14-26)9-7-20-25-28(23(30)27(20)15-12-24)17-19-5-3-2-4-6-19/h2-6,8,16H,7,9-15,17H2,1H3. The van der Waals surface area contributed by atoms with Gasteiger partial charge in [0, 0.05) is 26.1 Å². The molecule has 3 aromatic rings. The largest absolute Gasteiger partial charge is 0.346 e. The number of aromatic nitrogens is 3. The summed E-state index contributed by atoms with van der Waals surface area (Å²) in [4.78, 5) is 28.7. The Morgan fingerprint density at radius 3 is 2.52 bits per heavy atom. The molecule has 4 heterocycles. The van der Waals surface area contributed by atoms with Crippen molar-refractivity contribution in [2.24, 2.45) is 5.41 Å². The number of piperidine rings is 1. The quantitative estimate of drug-likeness (QED) is 0.629. The van der Waals surface area contributed by atoms with Gasteiger partial charge in [0.2, 0.25) is 0 Å². The van der Waals surface area contributed by atoms with E-state index in [0.29, 0.717) is 6.54 Å². The van der Waals surface area contributed by atoms with Crippen molar-refractivity contribution in [2.75, 3.05) is 13.1 Å². The van der Waals surface area contributed by atoms with Crippen LogP contribution >= 0.6 is 11.3 Å². The lowest BCUT2D eigenvalue weighted by molar-refractivity contribution is 0.0539. The molecule has 31 heavy (non-hydrogen) atoms. The van der Waals surface area contributed by atoms with E-state index in [1.165, 1.54) is 11.3 Å². The third-order valence-corrected chi connectivity index (χ3v) is 8.09. The fourth-order valence-electron chi connectivity index (χ4n) is 5.03. The topological polar surface area (TPSA) is 60.1 Å². The van der Waals surface area contributed by atoms with Gasteiger partial charge in [-0.05, 0) is 60.6 Å². The molecule has 0 aliphatic carbocycles. The molecule has 6 nitrogen and oxygen atoms in total. The van der Waals surface area contributed by atoms with Crippen molar-refractivity contribution < 1.29 is 4.79 Å². The monoisotopic (exact) mass is 436 g/mol. The zero-order chi connectivity index (χ0) is 21.4. The summed E-state index contributed by atoms with van der Waals surface area (Å²) in [6.07, 6.45) is 4.86. The van der Waals surface area contributed by atoms with Gasteiger partial charge in [0.15, 0.2) is 0 Å². The van der Waals surface area contributed by atoms with Crippen LogP contribution in [0.25, 0.3) is 0 Å². The van der Waals surface area contributed by atoms with Crippen molar-refractivity contribution in [1.82, 2.24) is 19.2 Å².